The molecule has 0 atom stereocenters. The van der Waals surface area contributed by atoms with Crippen LogP contribution in [0.2, 0.25) is 0 Å². The number of aromatic nitrogens is 4. The van der Waals surface area contributed by atoms with Crippen LogP contribution in [0.15, 0.2) is 10.9 Å². The molecule has 9 heteroatoms. The number of nitrogens with one attached hydrogen (secondary N) is 1. The van der Waals surface area contributed by atoms with Crippen molar-refractivity contribution in [3.05, 3.63) is 17.8 Å². The molecule has 20 heavy (non-hydrogen) atoms. The molecule has 0 radical (unpaired) electrons. The molecule has 2 aromatic heterocycles. The quantitative estimate of drug-likeness (QED) is 0.665. The molecule has 0 fully saturated rings. The lowest BCUT2D eigenvalue weighted by Gasteiger charge is -1.99. The van der Waals surface area contributed by atoms with Gasteiger partial charge in [-0.2, -0.15) is 4.98 Å². The zero-order chi connectivity index (χ0) is 14.4. The molecular weight excluding hydrogens is 268 g/mol. The Morgan fingerprint density at radius 2 is 2.30 bits per heavy atom. The molecule has 0 amide bonds. The molecule has 0 saturated heterocycles. The lowest BCUT2D eigenvalue weighted by molar-refractivity contribution is 0.0691. The van der Waals surface area contributed by atoms with Gasteiger partial charge in [-0.05, 0) is 0 Å². The van der Waals surface area contributed by atoms with Crippen molar-refractivity contribution in [2.24, 2.45) is 0 Å². The van der Waals surface area contributed by atoms with Crippen LogP contribution in [0.25, 0.3) is 11.6 Å². The minimum absolute atomic E-state index is 0.0896. The van der Waals surface area contributed by atoms with E-state index in [1.807, 2.05) is 0 Å². The molecule has 0 saturated carbocycles. The van der Waals surface area contributed by atoms with E-state index in [1.54, 1.807) is 7.11 Å². The van der Waals surface area contributed by atoms with Gasteiger partial charge in [-0.25, -0.2) is 9.78 Å². The number of methoxy groups -OCH3 is 1. The van der Waals surface area contributed by atoms with Gasteiger partial charge < -0.3 is 24.1 Å². The summed E-state index contributed by atoms with van der Waals surface area (Å²) in [6.07, 6.45) is 1.72. The van der Waals surface area contributed by atoms with Crippen LogP contribution in [0.5, 0.6) is 0 Å². The van der Waals surface area contributed by atoms with Crippen molar-refractivity contribution in [2.75, 3.05) is 26.9 Å². The highest BCUT2D eigenvalue weighted by atomic mass is 16.5. The summed E-state index contributed by atoms with van der Waals surface area (Å²) in [6, 6.07) is 0. The lowest BCUT2D eigenvalue weighted by Crippen LogP contribution is -2.05. The van der Waals surface area contributed by atoms with Crippen molar-refractivity contribution in [3.8, 4) is 11.6 Å². The van der Waals surface area contributed by atoms with E-state index >= 15 is 0 Å². The Morgan fingerprint density at radius 3 is 3.05 bits per heavy atom. The number of aromatic amines is 1. The number of imidazole rings is 1. The Bertz CT molecular complexity index is 565. The Hall–Kier alpha value is -2.26. The Labute approximate surface area is 113 Å². The second-order valence-corrected chi connectivity index (χ2v) is 3.80. The Kier molecular flexibility index (Phi) is 4.80. The molecular formula is C11H14N4O5. The van der Waals surface area contributed by atoms with Crippen molar-refractivity contribution in [1.29, 1.82) is 0 Å². The van der Waals surface area contributed by atoms with Crippen molar-refractivity contribution >= 4 is 5.97 Å². The fraction of sp³-hybridized carbons (Fsp3) is 0.455. The van der Waals surface area contributed by atoms with Gasteiger partial charge in [-0.3, -0.25) is 0 Å². The number of ether oxygens (including phenoxy) is 2. The maximum atomic E-state index is 10.9. The summed E-state index contributed by atoms with van der Waals surface area (Å²) in [6.45, 7) is 1.44. The van der Waals surface area contributed by atoms with Gasteiger partial charge in [0.1, 0.15) is 5.69 Å². The Balaban J connectivity index is 1.95. The first-order chi connectivity index (χ1) is 9.72. The van der Waals surface area contributed by atoms with Crippen molar-refractivity contribution < 1.29 is 23.9 Å². The second-order valence-electron chi connectivity index (χ2n) is 3.80. The van der Waals surface area contributed by atoms with Gasteiger partial charge in [0.2, 0.25) is 0 Å². The minimum Gasteiger partial charge on any atom is -0.476 e. The number of aromatic carboxylic acids is 1. The van der Waals surface area contributed by atoms with Gasteiger partial charge in [-0.1, -0.05) is 5.16 Å². The first-order valence-corrected chi connectivity index (χ1v) is 5.88. The zero-order valence-corrected chi connectivity index (χ0v) is 10.8. The molecule has 0 aliphatic heterocycles. The van der Waals surface area contributed by atoms with Gasteiger partial charge in [0, 0.05) is 13.5 Å². The maximum Gasteiger partial charge on any atom is 0.356 e. The summed E-state index contributed by atoms with van der Waals surface area (Å²) >= 11 is 0. The van der Waals surface area contributed by atoms with E-state index < -0.39 is 5.97 Å². The molecule has 2 rings (SSSR count). The predicted molar refractivity (Wildman–Crippen MR) is 65.2 cm³/mol. The van der Waals surface area contributed by atoms with E-state index in [4.69, 9.17) is 19.1 Å². The zero-order valence-electron chi connectivity index (χ0n) is 10.8. The van der Waals surface area contributed by atoms with Crippen LogP contribution in [0, 0.1) is 0 Å². The fourth-order valence-corrected chi connectivity index (χ4v) is 1.48. The average Bonchev–Trinajstić information content (AvgIpc) is 3.06. The molecule has 0 bridgehead atoms. The summed E-state index contributed by atoms with van der Waals surface area (Å²) in [5.41, 5.74) is 0.0353. The molecule has 0 spiro atoms. The molecule has 2 aromatic rings. The van der Waals surface area contributed by atoms with Crippen LogP contribution in [0.3, 0.4) is 0 Å². The number of carbonyl (C=O) groups is 1. The molecule has 2 heterocycles. The van der Waals surface area contributed by atoms with E-state index in [1.165, 1.54) is 6.33 Å². The molecule has 0 unspecified atom stereocenters. The third-order valence-corrected chi connectivity index (χ3v) is 2.43. The van der Waals surface area contributed by atoms with Crippen LogP contribution in [-0.2, 0) is 15.9 Å². The summed E-state index contributed by atoms with van der Waals surface area (Å²) < 4.78 is 15.1. The van der Waals surface area contributed by atoms with E-state index in [0.717, 1.165) is 0 Å². The number of carboxylic acids is 1. The summed E-state index contributed by atoms with van der Waals surface area (Å²) in [4.78, 5) is 21.4. The molecule has 0 aliphatic carbocycles. The van der Waals surface area contributed by atoms with Crippen molar-refractivity contribution in [3.63, 3.8) is 0 Å². The highest BCUT2D eigenvalue weighted by molar-refractivity contribution is 5.91. The van der Waals surface area contributed by atoms with Gasteiger partial charge in [-0.15, -0.1) is 0 Å². The molecule has 0 aliphatic rings. The van der Waals surface area contributed by atoms with Gasteiger partial charge >= 0.3 is 5.97 Å². The topological polar surface area (TPSA) is 123 Å². The molecule has 2 N–H and O–H groups in total. The Morgan fingerprint density at radius 1 is 1.45 bits per heavy atom. The molecule has 108 valence electrons. The number of hydrogen-bond donors (Lipinski definition) is 2. The largest absolute Gasteiger partial charge is 0.476 e. The number of H-pyrrole nitrogens is 1. The smallest absolute Gasteiger partial charge is 0.356 e. The van der Waals surface area contributed by atoms with Gasteiger partial charge in [0.15, 0.2) is 11.5 Å². The molecule has 0 aromatic carbocycles. The number of carboxylic acid groups (broad SMARTS) is 1. The maximum absolute atomic E-state index is 10.9. The van der Waals surface area contributed by atoms with E-state index in [-0.39, 0.29) is 17.3 Å². The molecule has 9 nitrogen and oxygen atoms in total. The first kappa shape index (κ1) is 14.2. The van der Waals surface area contributed by atoms with E-state index in [9.17, 15) is 4.79 Å². The number of rotatable bonds is 8. The van der Waals surface area contributed by atoms with E-state index in [0.29, 0.717) is 32.1 Å². The van der Waals surface area contributed by atoms with Crippen LogP contribution in [0.4, 0.5) is 0 Å². The third kappa shape index (κ3) is 3.39. The lowest BCUT2D eigenvalue weighted by atomic mass is 10.3. The van der Waals surface area contributed by atoms with Crippen LogP contribution >= 0.6 is 0 Å². The fourth-order valence-electron chi connectivity index (χ4n) is 1.48. The normalized spacial score (nSPS) is 10.8. The highest BCUT2D eigenvalue weighted by Crippen LogP contribution is 2.18. The summed E-state index contributed by atoms with van der Waals surface area (Å²) in [5.74, 6) is -0.640. The van der Waals surface area contributed by atoms with Gasteiger partial charge in [0.25, 0.3) is 5.89 Å². The number of nitrogens with zero attached hydrogens (tertiary/aromatic N) is 3. The van der Waals surface area contributed by atoms with Gasteiger partial charge in [0.05, 0.1) is 26.1 Å². The summed E-state index contributed by atoms with van der Waals surface area (Å²) in [7, 11) is 1.60. The standard InChI is InChI=1S/C11H14N4O5/c1-18-4-5-19-3-2-7-14-10(20-15-7)8-9(11(16)17)13-6-12-8/h6H,2-5H2,1H3,(H,12,13)(H,16,17). The highest BCUT2D eigenvalue weighted by Gasteiger charge is 2.19. The monoisotopic (exact) mass is 282 g/mol. The van der Waals surface area contributed by atoms with Crippen molar-refractivity contribution in [2.45, 2.75) is 6.42 Å². The van der Waals surface area contributed by atoms with Crippen LogP contribution in [0.1, 0.15) is 16.3 Å². The second kappa shape index (κ2) is 6.78. The summed E-state index contributed by atoms with van der Waals surface area (Å²) in [5, 5.41) is 12.7. The minimum atomic E-state index is -1.16. The average molecular weight is 282 g/mol. The van der Waals surface area contributed by atoms with Crippen LogP contribution < -0.4 is 0 Å². The number of hydrogen-bond acceptors (Lipinski definition) is 7. The van der Waals surface area contributed by atoms with E-state index in [2.05, 4.69) is 20.1 Å². The van der Waals surface area contributed by atoms with Crippen molar-refractivity contribution in [1.82, 2.24) is 20.1 Å². The first-order valence-electron chi connectivity index (χ1n) is 5.88. The van der Waals surface area contributed by atoms with Crippen LogP contribution in [-0.4, -0.2) is 58.1 Å². The predicted octanol–water partition coefficient (Wildman–Crippen LogP) is 0.363. The third-order valence-electron chi connectivity index (χ3n) is 2.43. The SMILES string of the molecule is COCCOCCc1noc(-c2[nH]cnc2C(=O)O)n1.